The highest BCUT2D eigenvalue weighted by Crippen LogP contribution is 2.09. The van der Waals surface area contributed by atoms with E-state index in [-0.39, 0.29) is 12.1 Å². The van der Waals surface area contributed by atoms with Crippen molar-refractivity contribution in [1.82, 2.24) is 20.0 Å². The standard InChI is InChI=1S/C12H20N4O2/c1-15-8-10(7-14-15)4-5-13-12(18)16-6-2-3-11(17)9-16/h7-8,11,17H,2-6,9H2,1H3,(H,13,18). The lowest BCUT2D eigenvalue weighted by Crippen LogP contribution is -2.47. The second kappa shape index (κ2) is 5.86. The molecule has 2 rings (SSSR count). The monoisotopic (exact) mass is 252 g/mol. The Morgan fingerprint density at radius 3 is 3.17 bits per heavy atom. The molecule has 0 radical (unpaired) electrons. The average Bonchev–Trinajstić information content (AvgIpc) is 2.75. The van der Waals surface area contributed by atoms with Crippen molar-refractivity contribution in [3.63, 3.8) is 0 Å². The fourth-order valence-electron chi connectivity index (χ4n) is 2.17. The summed E-state index contributed by atoms with van der Waals surface area (Å²) in [6.45, 7) is 1.77. The van der Waals surface area contributed by atoms with Crippen molar-refractivity contribution in [2.24, 2.45) is 7.05 Å². The van der Waals surface area contributed by atoms with Gasteiger partial charge in [-0.3, -0.25) is 4.68 Å². The van der Waals surface area contributed by atoms with E-state index in [1.807, 2.05) is 13.2 Å². The molecule has 0 saturated carbocycles. The number of aromatic nitrogens is 2. The molecular formula is C12H20N4O2. The highest BCUT2D eigenvalue weighted by atomic mass is 16.3. The van der Waals surface area contributed by atoms with E-state index >= 15 is 0 Å². The Morgan fingerprint density at radius 1 is 1.67 bits per heavy atom. The molecule has 1 aliphatic heterocycles. The van der Waals surface area contributed by atoms with E-state index in [9.17, 15) is 9.90 Å². The Morgan fingerprint density at radius 2 is 2.50 bits per heavy atom. The second-order valence-electron chi connectivity index (χ2n) is 4.75. The van der Waals surface area contributed by atoms with E-state index in [0.717, 1.165) is 31.4 Å². The third-order valence-corrected chi connectivity index (χ3v) is 3.13. The van der Waals surface area contributed by atoms with E-state index in [1.54, 1.807) is 15.8 Å². The van der Waals surface area contributed by atoms with Gasteiger partial charge in [0, 0.05) is 32.9 Å². The van der Waals surface area contributed by atoms with Crippen molar-refractivity contribution in [1.29, 1.82) is 0 Å². The number of hydrogen-bond acceptors (Lipinski definition) is 3. The number of nitrogens with zero attached hydrogens (tertiary/aromatic N) is 3. The molecule has 0 spiro atoms. The molecule has 1 unspecified atom stereocenters. The summed E-state index contributed by atoms with van der Waals surface area (Å²) in [4.78, 5) is 13.5. The molecule has 0 aromatic carbocycles. The summed E-state index contributed by atoms with van der Waals surface area (Å²) in [6, 6.07) is -0.0855. The summed E-state index contributed by atoms with van der Waals surface area (Å²) in [5.41, 5.74) is 1.11. The van der Waals surface area contributed by atoms with Crippen LogP contribution < -0.4 is 5.32 Å². The molecule has 0 aliphatic carbocycles. The van der Waals surface area contributed by atoms with E-state index in [1.165, 1.54) is 0 Å². The van der Waals surface area contributed by atoms with Crippen molar-refractivity contribution in [3.8, 4) is 0 Å². The summed E-state index contributed by atoms with van der Waals surface area (Å²) >= 11 is 0. The number of urea groups is 1. The second-order valence-corrected chi connectivity index (χ2v) is 4.75. The summed E-state index contributed by atoms with van der Waals surface area (Å²) in [5, 5.41) is 16.4. The van der Waals surface area contributed by atoms with Gasteiger partial charge in [0.15, 0.2) is 0 Å². The lowest BCUT2D eigenvalue weighted by atomic mass is 10.1. The normalized spacial score (nSPS) is 19.9. The molecule has 1 saturated heterocycles. The first-order valence-electron chi connectivity index (χ1n) is 6.33. The molecule has 1 aliphatic rings. The van der Waals surface area contributed by atoms with Crippen LogP contribution >= 0.6 is 0 Å². The summed E-state index contributed by atoms with van der Waals surface area (Å²) in [7, 11) is 1.87. The molecule has 1 aromatic heterocycles. The van der Waals surface area contributed by atoms with Crippen LogP contribution in [0.5, 0.6) is 0 Å². The molecule has 1 fully saturated rings. The minimum atomic E-state index is -0.372. The molecule has 6 heteroatoms. The number of β-amino-alcohol motifs (C(OH)–C–C–N with tert-alkyl or cyclic N) is 1. The first-order chi connectivity index (χ1) is 8.65. The first kappa shape index (κ1) is 12.9. The molecule has 2 heterocycles. The lowest BCUT2D eigenvalue weighted by molar-refractivity contribution is 0.0843. The number of carbonyl (C=O) groups is 1. The summed E-state index contributed by atoms with van der Waals surface area (Å²) in [5.74, 6) is 0. The van der Waals surface area contributed by atoms with Gasteiger partial charge in [-0.1, -0.05) is 0 Å². The van der Waals surface area contributed by atoms with Crippen LogP contribution in [0.1, 0.15) is 18.4 Å². The summed E-state index contributed by atoms with van der Waals surface area (Å²) < 4.78 is 1.75. The van der Waals surface area contributed by atoms with Crippen LogP contribution in [-0.2, 0) is 13.5 Å². The van der Waals surface area contributed by atoms with Crippen LogP contribution in [0, 0.1) is 0 Å². The fourth-order valence-corrected chi connectivity index (χ4v) is 2.17. The van der Waals surface area contributed by atoms with E-state index in [2.05, 4.69) is 10.4 Å². The number of hydrogen-bond donors (Lipinski definition) is 2. The molecule has 100 valence electrons. The zero-order valence-electron chi connectivity index (χ0n) is 10.7. The number of aryl methyl sites for hydroxylation is 1. The number of aliphatic hydroxyl groups excluding tert-OH is 1. The molecular weight excluding hydrogens is 232 g/mol. The van der Waals surface area contributed by atoms with Gasteiger partial charge in [0.25, 0.3) is 0 Å². The molecule has 6 nitrogen and oxygen atoms in total. The number of aliphatic hydroxyl groups is 1. The van der Waals surface area contributed by atoms with Crippen LogP contribution in [0.3, 0.4) is 0 Å². The maximum Gasteiger partial charge on any atom is 0.317 e. The Bertz CT molecular complexity index is 405. The predicted octanol–water partition coefficient (Wildman–Crippen LogP) is 0.129. The van der Waals surface area contributed by atoms with Crippen molar-refractivity contribution < 1.29 is 9.90 Å². The first-order valence-corrected chi connectivity index (χ1v) is 6.33. The topological polar surface area (TPSA) is 70.4 Å². The molecule has 0 bridgehead atoms. The summed E-state index contributed by atoms with van der Waals surface area (Å²) in [6.07, 6.45) is 5.81. The van der Waals surface area contributed by atoms with Gasteiger partial charge in [-0.05, 0) is 24.8 Å². The number of nitrogens with one attached hydrogen (secondary N) is 1. The van der Waals surface area contributed by atoms with Crippen molar-refractivity contribution in [3.05, 3.63) is 18.0 Å². The highest BCUT2D eigenvalue weighted by molar-refractivity contribution is 5.74. The van der Waals surface area contributed by atoms with Gasteiger partial charge in [0.05, 0.1) is 12.3 Å². The van der Waals surface area contributed by atoms with Gasteiger partial charge in [0.2, 0.25) is 0 Å². The zero-order chi connectivity index (χ0) is 13.0. The largest absolute Gasteiger partial charge is 0.391 e. The molecule has 2 amide bonds. The van der Waals surface area contributed by atoms with Crippen LogP contribution in [0.25, 0.3) is 0 Å². The van der Waals surface area contributed by atoms with Gasteiger partial charge >= 0.3 is 6.03 Å². The van der Waals surface area contributed by atoms with Crippen LogP contribution in [-0.4, -0.2) is 51.6 Å². The SMILES string of the molecule is Cn1cc(CCNC(=O)N2CCCC(O)C2)cn1. The van der Waals surface area contributed by atoms with E-state index in [0.29, 0.717) is 13.1 Å². The number of carbonyl (C=O) groups excluding carboxylic acids is 1. The van der Waals surface area contributed by atoms with Crippen LogP contribution in [0.2, 0.25) is 0 Å². The molecule has 18 heavy (non-hydrogen) atoms. The maximum absolute atomic E-state index is 11.8. The minimum Gasteiger partial charge on any atom is -0.391 e. The average molecular weight is 252 g/mol. The number of amides is 2. The Balaban J connectivity index is 1.71. The van der Waals surface area contributed by atoms with Gasteiger partial charge in [-0.25, -0.2) is 4.79 Å². The smallest absolute Gasteiger partial charge is 0.317 e. The molecule has 1 aromatic rings. The lowest BCUT2D eigenvalue weighted by Gasteiger charge is -2.30. The van der Waals surface area contributed by atoms with Gasteiger partial charge in [-0.15, -0.1) is 0 Å². The Labute approximate surface area is 107 Å². The predicted molar refractivity (Wildman–Crippen MR) is 67.1 cm³/mol. The maximum atomic E-state index is 11.8. The van der Waals surface area contributed by atoms with Crippen molar-refractivity contribution in [2.45, 2.75) is 25.4 Å². The third-order valence-electron chi connectivity index (χ3n) is 3.13. The van der Waals surface area contributed by atoms with Gasteiger partial charge in [-0.2, -0.15) is 5.10 Å². The number of piperidine rings is 1. The third kappa shape index (κ3) is 3.46. The van der Waals surface area contributed by atoms with E-state index < -0.39 is 0 Å². The van der Waals surface area contributed by atoms with Gasteiger partial charge in [0.1, 0.15) is 0 Å². The number of likely N-dealkylation sites (tertiary alicyclic amines) is 1. The van der Waals surface area contributed by atoms with Crippen LogP contribution in [0.15, 0.2) is 12.4 Å². The van der Waals surface area contributed by atoms with Crippen molar-refractivity contribution in [2.75, 3.05) is 19.6 Å². The highest BCUT2D eigenvalue weighted by Gasteiger charge is 2.21. The Kier molecular flexibility index (Phi) is 4.19. The molecule has 1 atom stereocenters. The number of rotatable bonds is 3. The van der Waals surface area contributed by atoms with Crippen LogP contribution in [0.4, 0.5) is 4.79 Å². The van der Waals surface area contributed by atoms with E-state index in [4.69, 9.17) is 0 Å². The van der Waals surface area contributed by atoms with Crippen molar-refractivity contribution >= 4 is 6.03 Å². The fraction of sp³-hybridized carbons (Fsp3) is 0.667. The Hall–Kier alpha value is -1.56. The zero-order valence-corrected chi connectivity index (χ0v) is 10.7. The van der Waals surface area contributed by atoms with Gasteiger partial charge < -0.3 is 15.3 Å². The minimum absolute atomic E-state index is 0.0855. The quantitative estimate of drug-likeness (QED) is 0.803. The molecule has 2 N–H and O–H groups in total.